The van der Waals surface area contributed by atoms with Crippen LogP contribution in [-0.2, 0) is 14.3 Å². The summed E-state index contributed by atoms with van der Waals surface area (Å²) in [6.45, 7) is 0.407. The Labute approximate surface area is 205 Å². The van der Waals surface area contributed by atoms with Crippen molar-refractivity contribution in [3.8, 4) is 11.1 Å². The number of hydrogen-bond acceptors (Lipinski definition) is 5. The van der Waals surface area contributed by atoms with Gasteiger partial charge in [-0.25, -0.2) is 0 Å². The average molecular weight is 476 g/mol. The molecule has 0 radical (unpaired) electrons. The standard InChI is InChI=1S/C28H33N3O4/c29-27(30)22-12-8-20(9-13-22)19-6-10-21(11-7-19)26(33)24-16-23(28(34)31-24)17-25(32)35-15-14-18-4-2-1-3-5-18/h6-13,18,23-24H,1-5,14-17H2,(H3,29,30)(H,31,34)/t23-,24-/m0/s1. The molecule has 0 aromatic heterocycles. The molecule has 2 aromatic carbocycles. The Hall–Kier alpha value is -3.48. The molecule has 2 aromatic rings. The number of benzene rings is 2. The molecule has 35 heavy (non-hydrogen) atoms. The van der Waals surface area contributed by atoms with E-state index in [0.717, 1.165) is 17.5 Å². The van der Waals surface area contributed by atoms with Crippen LogP contribution in [0.15, 0.2) is 48.5 Å². The van der Waals surface area contributed by atoms with Crippen molar-refractivity contribution in [2.75, 3.05) is 6.61 Å². The van der Waals surface area contributed by atoms with Crippen LogP contribution in [0.25, 0.3) is 11.1 Å². The normalized spacial score (nSPS) is 20.3. The average Bonchev–Trinajstić information content (AvgIpc) is 3.24. The fourth-order valence-electron chi connectivity index (χ4n) is 5.03. The SMILES string of the molecule is N=C(N)c1ccc(-c2ccc(C(=O)[C@@H]3C[C@@H](CC(=O)OCCC4CCCCC4)C(=O)N3)cc2)cc1. The first-order chi connectivity index (χ1) is 16.9. The minimum atomic E-state index is -0.636. The molecule has 2 fully saturated rings. The minimum absolute atomic E-state index is 0.00940. The van der Waals surface area contributed by atoms with Gasteiger partial charge in [-0.3, -0.25) is 19.8 Å². The van der Waals surface area contributed by atoms with Crippen molar-refractivity contribution < 1.29 is 19.1 Å². The van der Waals surface area contributed by atoms with Crippen molar-refractivity contribution in [2.45, 2.75) is 57.4 Å². The van der Waals surface area contributed by atoms with Crippen LogP contribution in [0, 0.1) is 17.2 Å². The van der Waals surface area contributed by atoms with Gasteiger partial charge in [-0.2, -0.15) is 0 Å². The molecular weight excluding hydrogens is 442 g/mol. The van der Waals surface area contributed by atoms with E-state index < -0.39 is 12.0 Å². The lowest BCUT2D eigenvalue weighted by Gasteiger charge is -2.21. The first-order valence-electron chi connectivity index (χ1n) is 12.5. The minimum Gasteiger partial charge on any atom is -0.466 e. The molecule has 0 unspecified atom stereocenters. The van der Waals surface area contributed by atoms with Gasteiger partial charge in [-0.05, 0) is 29.9 Å². The van der Waals surface area contributed by atoms with Crippen molar-refractivity contribution in [1.82, 2.24) is 5.32 Å². The van der Waals surface area contributed by atoms with Gasteiger partial charge in [0.25, 0.3) is 0 Å². The summed E-state index contributed by atoms with van der Waals surface area (Å²) in [5.41, 5.74) is 8.54. The molecule has 1 saturated carbocycles. The quantitative estimate of drug-likeness (QED) is 0.217. The van der Waals surface area contributed by atoms with Gasteiger partial charge >= 0.3 is 5.97 Å². The van der Waals surface area contributed by atoms with E-state index in [9.17, 15) is 14.4 Å². The largest absolute Gasteiger partial charge is 0.466 e. The maximum absolute atomic E-state index is 13.0. The molecule has 1 aliphatic heterocycles. The molecule has 4 rings (SSSR count). The molecule has 1 heterocycles. The van der Waals surface area contributed by atoms with E-state index in [1.54, 1.807) is 24.3 Å². The van der Waals surface area contributed by atoms with Crippen molar-refractivity contribution in [1.29, 1.82) is 5.41 Å². The van der Waals surface area contributed by atoms with E-state index in [2.05, 4.69) is 5.32 Å². The smallest absolute Gasteiger partial charge is 0.306 e. The highest BCUT2D eigenvalue weighted by Gasteiger charge is 2.37. The van der Waals surface area contributed by atoms with Crippen molar-refractivity contribution in [3.05, 3.63) is 59.7 Å². The lowest BCUT2D eigenvalue weighted by Crippen LogP contribution is -2.33. The Bertz CT molecular complexity index is 1070. The number of nitrogens with two attached hydrogens (primary N) is 1. The Morgan fingerprint density at radius 3 is 2.14 bits per heavy atom. The third-order valence-corrected chi connectivity index (χ3v) is 7.15. The molecule has 1 saturated heterocycles. The van der Waals surface area contributed by atoms with Crippen LogP contribution >= 0.6 is 0 Å². The van der Waals surface area contributed by atoms with Crippen LogP contribution in [0.5, 0.6) is 0 Å². The number of hydrogen-bond donors (Lipinski definition) is 3. The molecular formula is C28H33N3O4. The van der Waals surface area contributed by atoms with E-state index in [1.165, 1.54) is 32.1 Å². The Morgan fingerprint density at radius 1 is 0.943 bits per heavy atom. The van der Waals surface area contributed by atoms with Crippen LogP contribution in [0.4, 0.5) is 0 Å². The molecule has 4 N–H and O–H groups in total. The summed E-state index contributed by atoms with van der Waals surface area (Å²) in [7, 11) is 0. The van der Waals surface area contributed by atoms with Gasteiger partial charge in [0.2, 0.25) is 5.91 Å². The predicted molar refractivity (Wildman–Crippen MR) is 134 cm³/mol. The number of Topliss-reactive ketones (excluding diaryl/α,β-unsaturated/α-hetero) is 1. The second kappa shape index (κ2) is 11.3. The van der Waals surface area contributed by atoms with Gasteiger partial charge in [0.05, 0.1) is 25.0 Å². The third kappa shape index (κ3) is 6.35. The van der Waals surface area contributed by atoms with Gasteiger partial charge in [-0.15, -0.1) is 0 Å². The molecule has 2 aliphatic rings. The lowest BCUT2D eigenvalue weighted by molar-refractivity contribution is -0.146. The molecule has 7 nitrogen and oxygen atoms in total. The molecule has 7 heteroatoms. The number of nitrogen functional groups attached to an aromatic ring is 1. The molecule has 1 aliphatic carbocycles. The van der Waals surface area contributed by atoms with Crippen LogP contribution in [0.2, 0.25) is 0 Å². The maximum Gasteiger partial charge on any atom is 0.306 e. The summed E-state index contributed by atoms with van der Waals surface area (Å²) in [4.78, 5) is 37.6. The first kappa shape index (κ1) is 24.6. The summed E-state index contributed by atoms with van der Waals surface area (Å²) in [5, 5.41) is 10.2. The van der Waals surface area contributed by atoms with Gasteiger partial charge in [-0.1, -0.05) is 80.6 Å². The van der Waals surface area contributed by atoms with Gasteiger partial charge in [0, 0.05) is 11.1 Å². The number of amidine groups is 1. The second-order valence-corrected chi connectivity index (χ2v) is 9.64. The fourth-order valence-corrected chi connectivity index (χ4v) is 5.03. The lowest BCUT2D eigenvalue weighted by atomic mass is 9.87. The predicted octanol–water partition coefficient (Wildman–Crippen LogP) is 4.23. The van der Waals surface area contributed by atoms with Crippen LogP contribution in [0.1, 0.15) is 67.3 Å². The molecule has 1 amide bonds. The van der Waals surface area contributed by atoms with Crippen LogP contribution in [-0.4, -0.2) is 36.1 Å². The van der Waals surface area contributed by atoms with E-state index in [4.69, 9.17) is 15.9 Å². The maximum atomic E-state index is 13.0. The highest BCUT2D eigenvalue weighted by Crippen LogP contribution is 2.27. The monoisotopic (exact) mass is 475 g/mol. The Morgan fingerprint density at radius 2 is 1.54 bits per heavy atom. The van der Waals surface area contributed by atoms with Crippen LogP contribution < -0.4 is 11.1 Å². The van der Waals surface area contributed by atoms with Gasteiger partial charge in [0.15, 0.2) is 5.78 Å². The zero-order valence-electron chi connectivity index (χ0n) is 19.9. The molecule has 0 bridgehead atoms. The van der Waals surface area contributed by atoms with E-state index in [-0.39, 0.29) is 29.9 Å². The van der Waals surface area contributed by atoms with Gasteiger partial charge in [0.1, 0.15) is 5.84 Å². The van der Waals surface area contributed by atoms with E-state index in [0.29, 0.717) is 30.1 Å². The van der Waals surface area contributed by atoms with E-state index in [1.807, 2.05) is 24.3 Å². The van der Waals surface area contributed by atoms with Gasteiger partial charge < -0.3 is 15.8 Å². The fraction of sp³-hybridized carbons (Fsp3) is 0.429. The number of carbonyl (C=O) groups is 3. The highest BCUT2D eigenvalue weighted by atomic mass is 16.5. The number of ether oxygens (including phenoxy) is 1. The van der Waals surface area contributed by atoms with Crippen molar-refractivity contribution in [3.63, 3.8) is 0 Å². The zero-order chi connectivity index (χ0) is 24.8. The summed E-state index contributed by atoms with van der Waals surface area (Å²) < 4.78 is 5.39. The molecule has 184 valence electrons. The van der Waals surface area contributed by atoms with Crippen molar-refractivity contribution >= 4 is 23.5 Å². The molecule has 0 spiro atoms. The first-order valence-corrected chi connectivity index (χ1v) is 12.5. The second-order valence-electron chi connectivity index (χ2n) is 9.64. The summed E-state index contributed by atoms with van der Waals surface area (Å²) >= 11 is 0. The zero-order valence-corrected chi connectivity index (χ0v) is 19.9. The topological polar surface area (TPSA) is 122 Å². The third-order valence-electron chi connectivity index (χ3n) is 7.15. The van der Waals surface area contributed by atoms with Crippen molar-refractivity contribution in [2.24, 2.45) is 17.6 Å². The highest BCUT2D eigenvalue weighted by molar-refractivity contribution is 6.04. The number of carbonyl (C=O) groups excluding carboxylic acids is 3. The molecule has 2 atom stereocenters. The summed E-state index contributed by atoms with van der Waals surface area (Å²) in [6.07, 6.45) is 7.42. The number of nitrogens with one attached hydrogen (secondary N) is 2. The number of esters is 1. The summed E-state index contributed by atoms with van der Waals surface area (Å²) in [6, 6.07) is 13.9. The number of amides is 1. The van der Waals surface area contributed by atoms with E-state index >= 15 is 0 Å². The Balaban J connectivity index is 1.27. The Kier molecular flexibility index (Phi) is 7.95. The van der Waals surface area contributed by atoms with Crippen LogP contribution in [0.3, 0.4) is 0 Å². The number of ketones is 1. The summed E-state index contributed by atoms with van der Waals surface area (Å²) in [5.74, 6) is -0.680. The number of rotatable bonds is 9.